The van der Waals surface area contributed by atoms with Crippen LogP contribution in [-0.2, 0) is 10.2 Å². The fourth-order valence-corrected chi connectivity index (χ4v) is 4.61. The molecule has 0 spiro atoms. The van der Waals surface area contributed by atoms with E-state index >= 15 is 0 Å². The number of hydrogen-bond donors (Lipinski definition) is 1. The zero-order chi connectivity index (χ0) is 14.6. The summed E-state index contributed by atoms with van der Waals surface area (Å²) in [7, 11) is -3.50. The zero-order valence-electron chi connectivity index (χ0n) is 11.9. The van der Waals surface area contributed by atoms with E-state index in [1.54, 1.807) is 4.31 Å². The average Bonchev–Trinajstić information content (AvgIpc) is 2.48. The topological polar surface area (TPSA) is 66.6 Å². The van der Waals surface area contributed by atoms with Crippen LogP contribution in [0.15, 0.2) is 30.3 Å². The molecule has 1 aromatic carbocycles. The number of benzene rings is 1. The fraction of sp³-hybridized carbons (Fsp3) is 0.571. The minimum atomic E-state index is -3.50. The van der Waals surface area contributed by atoms with Gasteiger partial charge in [0.15, 0.2) is 0 Å². The van der Waals surface area contributed by atoms with Crippen molar-refractivity contribution in [1.29, 1.82) is 0 Å². The van der Waals surface area contributed by atoms with Gasteiger partial charge in [-0.2, -0.15) is 12.7 Å². The maximum absolute atomic E-state index is 12.9. The molecular formula is C14H23N3O2S. The van der Waals surface area contributed by atoms with Crippen molar-refractivity contribution in [3.05, 3.63) is 30.3 Å². The standard InChI is InChI=1S/C14H23N3O2S/c1-2-16(13-8-4-3-5-9-13)20(18,19)17-11-7-6-10-14(17)12-15/h3-5,8-9,14H,2,6-7,10-12,15H2,1H3. The van der Waals surface area contributed by atoms with Gasteiger partial charge in [-0.15, -0.1) is 0 Å². The van der Waals surface area contributed by atoms with Crippen LogP contribution in [0.3, 0.4) is 0 Å². The van der Waals surface area contributed by atoms with E-state index in [0.29, 0.717) is 25.3 Å². The third-order valence-electron chi connectivity index (χ3n) is 3.75. The lowest BCUT2D eigenvalue weighted by atomic mass is 10.1. The molecule has 0 saturated carbocycles. The summed E-state index contributed by atoms with van der Waals surface area (Å²) in [5.74, 6) is 0. The second-order valence-electron chi connectivity index (χ2n) is 5.00. The van der Waals surface area contributed by atoms with Crippen molar-refractivity contribution >= 4 is 15.9 Å². The predicted molar refractivity (Wildman–Crippen MR) is 81.8 cm³/mol. The van der Waals surface area contributed by atoms with Crippen LogP contribution in [0.4, 0.5) is 5.69 Å². The molecule has 1 heterocycles. The van der Waals surface area contributed by atoms with Gasteiger partial charge >= 0.3 is 10.2 Å². The molecule has 0 amide bonds. The highest BCUT2D eigenvalue weighted by Crippen LogP contribution is 2.25. The monoisotopic (exact) mass is 297 g/mol. The molecule has 1 unspecified atom stereocenters. The van der Waals surface area contributed by atoms with Gasteiger partial charge in [0.1, 0.15) is 0 Å². The lowest BCUT2D eigenvalue weighted by Gasteiger charge is -2.37. The molecule has 1 aliphatic rings. The third-order valence-corrected chi connectivity index (χ3v) is 5.85. The first-order valence-corrected chi connectivity index (χ1v) is 8.55. The predicted octanol–water partition coefficient (Wildman–Crippen LogP) is 1.57. The van der Waals surface area contributed by atoms with Gasteiger partial charge in [0.2, 0.25) is 0 Å². The van der Waals surface area contributed by atoms with Crippen molar-refractivity contribution < 1.29 is 8.42 Å². The van der Waals surface area contributed by atoms with E-state index < -0.39 is 10.2 Å². The summed E-state index contributed by atoms with van der Waals surface area (Å²) in [6.45, 7) is 3.21. The second kappa shape index (κ2) is 6.56. The van der Waals surface area contributed by atoms with E-state index in [-0.39, 0.29) is 6.04 Å². The summed E-state index contributed by atoms with van der Waals surface area (Å²) in [4.78, 5) is 0. The summed E-state index contributed by atoms with van der Waals surface area (Å²) < 4.78 is 28.8. The van der Waals surface area contributed by atoms with Gasteiger partial charge < -0.3 is 5.73 Å². The van der Waals surface area contributed by atoms with Crippen LogP contribution in [0, 0.1) is 0 Å². The highest BCUT2D eigenvalue weighted by Gasteiger charge is 2.35. The molecule has 0 radical (unpaired) electrons. The number of nitrogens with zero attached hydrogens (tertiary/aromatic N) is 2. The van der Waals surface area contributed by atoms with E-state index in [4.69, 9.17) is 5.73 Å². The third kappa shape index (κ3) is 2.97. The van der Waals surface area contributed by atoms with Crippen molar-refractivity contribution in [2.75, 3.05) is 23.9 Å². The van der Waals surface area contributed by atoms with E-state index in [9.17, 15) is 8.42 Å². The van der Waals surface area contributed by atoms with Crippen LogP contribution in [0.25, 0.3) is 0 Å². The maximum Gasteiger partial charge on any atom is 0.304 e. The van der Waals surface area contributed by atoms with Gasteiger partial charge in [-0.25, -0.2) is 0 Å². The van der Waals surface area contributed by atoms with Crippen molar-refractivity contribution in [3.8, 4) is 0 Å². The molecule has 0 bridgehead atoms. The first kappa shape index (κ1) is 15.3. The number of para-hydroxylation sites is 1. The Morgan fingerprint density at radius 3 is 2.60 bits per heavy atom. The number of hydrogen-bond acceptors (Lipinski definition) is 3. The first-order valence-electron chi connectivity index (χ1n) is 7.16. The molecule has 20 heavy (non-hydrogen) atoms. The van der Waals surface area contributed by atoms with Crippen LogP contribution in [0.2, 0.25) is 0 Å². The van der Waals surface area contributed by atoms with Gasteiger partial charge in [-0.3, -0.25) is 4.31 Å². The Labute approximate surface area is 121 Å². The second-order valence-corrected chi connectivity index (χ2v) is 6.81. The molecule has 2 rings (SSSR count). The molecule has 0 aliphatic carbocycles. The van der Waals surface area contributed by atoms with Crippen molar-refractivity contribution in [3.63, 3.8) is 0 Å². The summed E-state index contributed by atoms with van der Waals surface area (Å²) >= 11 is 0. The number of rotatable bonds is 5. The summed E-state index contributed by atoms with van der Waals surface area (Å²) in [5.41, 5.74) is 6.45. The largest absolute Gasteiger partial charge is 0.329 e. The fourth-order valence-electron chi connectivity index (χ4n) is 2.71. The van der Waals surface area contributed by atoms with Gasteiger partial charge in [0, 0.05) is 25.7 Å². The van der Waals surface area contributed by atoms with Crippen LogP contribution in [-0.4, -0.2) is 38.4 Å². The van der Waals surface area contributed by atoms with E-state index in [1.807, 2.05) is 37.3 Å². The zero-order valence-corrected chi connectivity index (χ0v) is 12.7. The molecule has 1 atom stereocenters. The molecule has 1 saturated heterocycles. The van der Waals surface area contributed by atoms with E-state index in [0.717, 1.165) is 19.3 Å². The molecule has 6 heteroatoms. The quantitative estimate of drug-likeness (QED) is 0.897. The highest BCUT2D eigenvalue weighted by atomic mass is 32.2. The number of nitrogens with two attached hydrogens (primary N) is 1. The van der Waals surface area contributed by atoms with Crippen LogP contribution in [0.1, 0.15) is 26.2 Å². The Morgan fingerprint density at radius 1 is 1.30 bits per heavy atom. The Hall–Kier alpha value is -1.11. The van der Waals surface area contributed by atoms with Crippen LogP contribution in [0.5, 0.6) is 0 Å². The van der Waals surface area contributed by atoms with Gasteiger partial charge in [-0.05, 0) is 31.9 Å². The van der Waals surface area contributed by atoms with Gasteiger partial charge in [0.05, 0.1) is 5.69 Å². The van der Waals surface area contributed by atoms with E-state index in [1.165, 1.54) is 4.31 Å². The molecule has 2 N–H and O–H groups in total. The molecule has 1 aromatic rings. The van der Waals surface area contributed by atoms with Gasteiger partial charge in [0.25, 0.3) is 0 Å². The normalized spacial score (nSPS) is 20.8. The Balaban J connectivity index is 2.31. The smallest absolute Gasteiger partial charge is 0.304 e. The molecular weight excluding hydrogens is 274 g/mol. The summed E-state index contributed by atoms with van der Waals surface area (Å²) in [6.07, 6.45) is 2.80. The summed E-state index contributed by atoms with van der Waals surface area (Å²) in [5, 5.41) is 0. The SMILES string of the molecule is CCN(c1ccccc1)S(=O)(=O)N1CCCCC1CN. The Morgan fingerprint density at radius 2 is 2.00 bits per heavy atom. The number of anilines is 1. The highest BCUT2D eigenvalue weighted by molar-refractivity contribution is 7.90. The molecule has 1 fully saturated rings. The average molecular weight is 297 g/mol. The minimum Gasteiger partial charge on any atom is -0.329 e. The summed E-state index contributed by atoms with van der Waals surface area (Å²) in [6, 6.07) is 9.15. The Bertz CT molecular complexity index is 518. The minimum absolute atomic E-state index is 0.0773. The van der Waals surface area contributed by atoms with Crippen LogP contribution < -0.4 is 10.0 Å². The lowest BCUT2D eigenvalue weighted by molar-refractivity contribution is 0.257. The van der Waals surface area contributed by atoms with E-state index in [2.05, 4.69) is 0 Å². The van der Waals surface area contributed by atoms with Crippen molar-refractivity contribution in [2.24, 2.45) is 5.73 Å². The molecule has 1 aliphatic heterocycles. The first-order chi connectivity index (χ1) is 9.61. The molecule has 0 aromatic heterocycles. The molecule has 5 nitrogen and oxygen atoms in total. The molecule has 112 valence electrons. The van der Waals surface area contributed by atoms with Crippen molar-refractivity contribution in [1.82, 2.24) is 4.31 Å². The lowest BCUT2D eigenvalue weighted by Crippen LogP contribution is -2.53. The number of piperidine rings is 1. The van der Waals surface area contributed by atoms with Crippen LogP contribution >= 0.6 is 0 Å². The Kier molecular flexibility index (Phi) is 5.01. The maximum atomic E-state index is 12.9. The van der Waals surface area contributed by atoms with Gasteiger partial charge in [-0.1, -0.05) is 24.6 Å². The van der Waals surface area contributed by atoms with Crippen molar-refractivity contribution in [2.45, 2.75) is 32.2 Å².